The van der Waals surface area contributed by atoms with E-state index >= 15 is 0 Å². The quantitative estimate of drug-likeness (QED) is 0.892. The fourth-order valence-corrected chi connectivity index (χ4v) is 3.36. The Hall–Kier alpha value is -1.05. The summed E-state index contributed by atoms with van der Waals surface area (Å²) in [5.74, 6) is -0.824. The molecule has 1 aromatic rings. The molecule has 0 saturated carbocycles. The molecule has 1 aliphatic heterocycles. The van der Waals surface area contributed by atoms with Gasteiger partial charge in [0.15, 0.2) is 5.82 Å². The molecule has 2 heterocycles. The molecule has 1 fully saturated rings. The van der Waals surface area contributed by atoms with E-state index in [1.165, 1.54) is 25.1 Å². The highest BCUT2D eigenvalue weighted by molar-refractivity contribution is 7.89. The Morgan fingerprint density at radius 3 is 2.60 bits per heavy atom. The minimum atomic E-state index is -3.86. The minimum absolute atomic E-state index is 0.276. The Morgan fingerprint density at radius 1 is 1.25 bits per heavy atom. The average Bonchev–Trinajstić information content (AvgIpc) is 2.67. The van der Waals surface area contributed by atoms with Crippen LogP contribution in [-0.2, 0) is 10.0 Å². The molecule has 1 N–H and O–H groups in total. The summed E-state index contributed by atoms with van der Waals surface area (Å²) >= 11 is 0. The number of aromatic nitrogens is 1. The SMILES string of the molecule is O=S(=O)(NCCN1CCCCCC1)c1ncccc1F. The van der Waals surface area contributed by atoms with Gasteiger partial charge in [0.1, 0.15) is 0 Å². The highest BCUT2D eigenvalue weighted by Crippen LogP contribution is 2.10. The first-order chi connectivity index (χ1) is 9.59. The monoisotopic (exact) mass is 301 g/mol. The molecule has 5 nitrogen and oxygen atoms in total. The third kappa shape index (κ3) is 4.22. The lowest BCUT2D eigenvalue weighted by molar-refractivity contribution is 0.290. The topological polar surface area (TPSA) is 62.3 Å². The minimum Gasteiger partial charge on any atom is -0.302 e. The summed E-state index contributed by atoms with van der Waals surface area (Å²) < 4.78 is 39.7. The van der Waals surface area contributed by atoms with Crippen LogP contribution in [0.2, 0.25) is 0 Å². The third-order valence-electron chi connectivity index (χ3n) is 3.40. The van der Waals surface area contributed by atoms with Crippen molar-refractivity contribution in [2.45, 2.75) is 30.7 Å². The molecular weight excluding hydrogens is 281 g/mol. The van der Waals surface area contributed by atoms with E-state index in [0.29, 0.717) is 6.54 Å². The van der Waals surface area contributed by atoms with Crippen molar-refractivity contribution >= 4 is 10.0 Å². The van der Waals surface area contributed by atoms with Crippen molar-refractivity contribution in [3.8, 4) is 0 Å². The molecule has 0 spiro atoms. The molecule has 20 heavy (non-hydrogen) atoms. The maximum absolute atomic E-state index is 13.4. The zero-order valence-electron chi connectivity index (χ0n) is 11.4. The molecule has 2 rings (SSSR count). The summed E-state index contributed by atoms with van der Waals surface area (Å²) in [5.41, 5.74) is 0. The van der Waals surface area contributed by atoms with Crippen LogP contribution in [0.5, 0.6) is 0 Å². The van der Waals surface area contributed by atoms with Crippen LogP contribution in [-0.4, -0.2) is 44.5 Å². The van der Waals surface area contributed by atoms with Crippen molar-refractivity contribution in [1.82, 2.24) is 14.6 Å². The van der Waals surface area contributed by atoms with Crippen molar-refractivity contribution in [2.75, 3.05) is 26.2 Å². The van der Waals surface area contributed by atoms with Gasteiger partial charge in [-0.15, -0.1) is 0 Å². The first-order valence-electron chi connectivity index (χ1n) is 6.92. The standard InChI is InChI=1S/C13H20FN3O2S/c14-12-6-5-7-15-13(12)20(18,19)16-8-11-17-9-3-1-2-4-10-17/h5-7,16H,1-4,8-11H2. The van der Waals surface area contributed by atoms with Crippen molar-refractivity contribution < 1.29 is 12.8 Å². The highest BCUT2D eigenvalue weighted by atomic mass is 32.2. The van der Waals surface area contributed by atoms with Crippen LogP contribution in [0.3, 0.4) is 0 Å². The molecule has 0 aliphatic carbocycles. The van der Waals surface area contributed by atoms with Crippen LogP contribution in [0, 0.1) is 5.82 Å². The first-order valence-corrected chi connectivity index (χ1v) is 8.40. The molecule has 0 aromatic carbocycles. The molecule has 1 aromatic heterocycles. The number of likely N-dealkylation sites (tertiary alicyclic amines) is 1. The van der Waals surface area contributed by atoms with Gasteiger partial charge in [0.25, 0.3) is 10.0 Å². The van der Waals surface area contributed by atoms with Gasteiger partial charge < -0.3 is 4.90 Å². The zero-order valence-corrected chi connectivity index (χ0v) is 12.2. The van der Waals surface area contributed by atoms with E-state index in [9.17, 15) is 12.8 Å². The van der Waals surface area contributed by atoms with Gasteiger partial charge in [-0.25, -0.2) is 22.5 Å². The fraction of sp³-hybridized carbons (Fsp3) is 0.615. The van der Waals surface area contributed by atoms with E-state index in [1.54, 1.807) is 0 Å². The van der Waals surface area contributed by atoms with Gasteiger partial charge in [0.2, 0.25) is 5.03 Å². The summed E-state index contributed by atoms with van der Waals surface area (Å²) in [4.78, 5) is 5.83. The van der Waals surface area contributed by atoms with Crippen LogP contribution >= 0.6 is 0 Å². The van der Waals surface area contributed by atoms with E-state index in [1.807, 2.05) is 0 Å². The Balaban J connectivity index is 1.88. The predicted octanol–water partition coefficient (Wildman–Crippen LogP) is 1.37. The first kappa shape index (κ1) is 15.3. The van der Waals surface area contributed by atoms with E-state index in [-0.39, 0.29) is 6.54 Å². The van der Waals surface area contributed by atoms with Gasteiger partial charge in [-0.05, 0) is 38.1 Å². The van der Waals surface area contributed by atoms with Crippen molar-refractivity contribution in [2.24, 2.45) is 0 Å². The van der Waals surface area contributed by atoms with Crippen molar-refractivity contribution in [3.63, 3.8) is 0 Å². The number of halogens is 1. The summed E-state index contributed by atoms with van der Waals surface area (Å²) in [7, 11) is -3.86. The van der Waals surface area contributed by atoms with Gasteiger partial charge in [0, 0.05) is 19.3 Å². The van der Waals surface area contributed by atoms with Crippen LogP contribution in [0.4, 0.5) is 4.39 Å². The van der Waals surface area contributed by atoms with Crippen LogP contribution in [0.25, 0.3) is 0 Å². The summed E-state index contributed by atoms with van der Waals surface area (Å²) in [6.07, 6.45) is 6.05. The second-order valence-electron chi connectivity index (χ2n) is 4.94. The van der Waals surface area contributed by atoms with Gasteiger partial charge in [-0.1, -0.05) is 12.8 Å². The number of hydrogen-bond donors (Lipinski definition) is 1. The smallest absolute Gasteiger partial charge is 0.261 e. The Kier molecular flexibility index (Phi) is 5.45. The third-order valence-corrected chi connectivity index (χ3v) is 4.79. The van der Waals surface area contributed by atoms with E-state index in [2.05, 4.69) is 14.6 Å². The molecule has 0 unspecified atom stereocenters. The van der Waals surface area contributed by atoms with Gasteiger partial charge in [0.05, 0.1) is 0 Å². The number of sulfonamides is 1. The number of nitrogens with zero attached hydrogens (tertiary/aromatic N) is 2. The van der Waals surface area contributed by atoms with Gasteiger partial charge in [-0.2, -0.15) is 0 Å². The maximum Gasteiger partial charge on any atom is 0.261 e. The lowest BCUT2D eigenvalue weighted by atomic mass is 10.2. The van der Waals surface area contributed by atoms with Crippen molar-refractivity contribution in [1.29, 1.82) is 0 Å². The van der Waals surface area contributed by atoms with E-state index in [4.69, 9.17) is 0 Å². The van der Waals surface area contributed by atoms with Crippen LogP contribution in [0.15, 0.2) is 23.4 Å². The maximum atomic E-state index is 13.4. The predicted molar refractivity (Wildman–Crippen MR) is 74.3 cm³/mol. The molecular formula is C13H20FN3O2S. The van der Waals surface area contributed by atoms with E-state index < -0.39 is 20.9 Å². The Labute approximate surface area is 119 Å². The fourth-order valence-electron chi connectivity index (χ4n) is 2.34. The molecule has 0 atom stereocenters. The van der Waals surface area contributed by atoms with Gasteiger partial charge >= 0.3 is 0 Å². The zero-order chi connectivity index (χ0) is 14.4. The number of hydrogen-bond acceptors (Lipinski definition) is 4. The second kappa shape index (κ2) is 7.10. The van der Waals surface area contributed by atoms with Crippen molar-refractivity contribution in [3.05, 3.63) is 24.1 Å². The van der Waals surface area contributed by atoms with Crippen LogP contribution in [0.1, 0.15) is 25.7 Å². The summed E-state index contributed by atoms with van der Waals surface area (Å²) in [6, 6.07) is 2.46. The lowest BCUT2D eigenvalue weighted by Gasteiger charge is -2.19. The summed E-state index contributed by atoms with van der Waals surface area (Å²) in [6.45, 7) is 2.92. The normalized spacial score (nSPS) is 17.9. The molecule has 1 saturated heterocycles. The van der Waals surface area contributed by atoms with Gasteiger partial charge in [-0.3, -0.25) is 0 Å². The largest absolute Gasteiger partial charge is 0.302 e. The average molecular weight is 301 g/mol. The lowest BCUT2D eigenvalue weighted by Crippen LogP contribution is -2.36. The number of nitrogens with one attached hydrogen (secondary N) is 1. The second-order valence-corrected chi connectivity index (χ2v) is 6.63. The number of pyridine rings is 1. The molecule has 0 radical (unpaired) electrons. The van der Waals surface area contributed by atoms with Crippen LogP contribution < -0.4 is 4.72 Å². The molecule has 7 heteroatoms. The molecule has 1 aliphatic rings. The van der Waals surface area contributed by atoms with E-state index in [0.717, 1.165) is 32.0 Å². The Morgan fingerprint density at radius 2 is 1.95 bits per heavy atom. The molecule has 0 amide bonds. The summed E-state index contributed by atoms with van der Waals surface area (Å²) in [5, 5.41) is -0.532. The number of rotatable bonds is 5. The Bertz CT molecular complexity index is 528. The molecule has 0 bridgehead atoms. The molecule has 112 valence electrons. The highest BCUT2D eigenvalue weighted by Gasteiger charge is 2.20.